The first-order chi connectivity index (χ1) is 17.7. The van der Waals surface area contributed by atoms with Gasteiger partial charge >= 0.3 is 12.2 Å². The summed E-state index contributed by atoms with van der Waals surface area (Å²) in [6, 6.07) is 18.5. The molecule has 0 heterocycles. The average molecular weight is 549 g/mol. The van der Waals surface area contributed by atoms with Gasteiger partial charge in [-0.1, -0.05) is 99.2 Å². The van der Waals surface area contributed by atoms with Crippen molar-refractivity contribution in [3.8, 4) is 0 Å². The van der Waals surface area contributed by atoms with Gasteiger partial charge in [-0.15, -0.1) is 0 Å². The van der Waals surface area contributed by atoms with Crippen LogP contribution in [0.4, 0.5) is 9.59 Å². The average Bonchev–Trinajstić information content (AvgIpc) is 2.85. The number of hydrogen-bond donors (Lipinski definition) is 2. The lowest BCUT2D eigenvalue weighted by atomic mass is 10.1. The highest BCUT2D eigenvalue weighted by atomic mass is 33.1. The number of rotatable bonds is 15. The molecule has 2 aromatic carbocycles. The van der Waals surface area contributed by atoms with E-state index in [9.17, 15) is 13.8 Å². The van der Waals surface area contributed by atoms with E-state index >= 15 is 0 Å². The summed E-state index contributed by atoms with van der Waals surface area (Å²) < 4.78 is 23.6. The molecule has 2 N–H and O–H groups in total. The predicted molar refractivity (Wildman–Crippen MR) is 151 cm³/mol. The third-order valence-corrected chi connectivity index (χ3v) is 8.40. The van der Waals surface area contributed by atoms with E-state index in [0.29, 0.717) is 29.8 Å². The Balaban J connectivity index is 1.82. The molecule has 37 heavy (non-hydrogen) atoms. The largest absolute Gasteiger partial charge is 0.445 e. The van der Waals surface area contributed by atoms with Gasteiger partial charge in [-0.25, -0.2) is 13.8 Å². The summed E-state index contributed by atoms with van der Waals surface area (Å²) in [6.45, 7) is 8.66. The molecule has 3 atom stereocenters. The summed E-state index contributed by atoms with van der Waals surface area (Å²) >= 11 is 0. The van der Waals surface area contributed by atoms with Gasteiger partial charge in [-0.3, -0.25) is 0 Å². The smallest absolute Gasteiger partial charge is 0.407 e. The lowest BCUT2D eigenvalue weighted by molar-refractivity contribution is 0.134. The molecule has 0 aliphatic carbocycles. The minimum atomic E-state index is -1.25. The van der Waals surface area contributed by atoms with Crippen LogP contribution in [0.5, 0.6) is 0 Å². The molecule has 0 spiro atoms. The Labute approximate surface area is 227 Å². The molecule has 2 aromatic rings. The zero-order valence-corrected chi connectivity index (χ0v) is 23.8. The fourth-order valence-corrected chi connectivity index (χ4v) is 6.62. The Morgan fingerprint density at radius 1 is 0.757 bits per heavy atom. The lowest BCUT2D eigenvalue weighted by Crippen LogP contribution is -2.40. The molecule has 7 nitrogen and oxygen atoms in total. The minimum absolute atomic E-state index is 0.176. The second kappa shape index (κ2) is 17.1. The normalized spacial score (nSPS) is 13.6. The van der Waals surface area contributed by atoms with Gasteiger partial charge in [0.2, 0.25) is 0 Å². The Hall–Kier alpha value is -2.52. The van der Waals surface area contributed by atoms with Gasteiger partial charge in [0.05, 0.1) is 15.6 Å². The van der Waals surface area contributed by atoms with E-state index in [1.54, 1.807) is 0 Å². The molecular weight excluding hydrogens is 508 g/mol. The summed E-state index contributed by atoms with van der Waals surface area (Å²) in [5.41, 5.74) is 1.82. The molecule has 2 amide bonds. The van der Waals surface area contributed by atoms with E-state index in [2.05, 4.69) is 38.3 Å². The second-order valence-electron chi connectivity index (χ2n) is 9.82. The highest BCUT2D eigenvalue weighted by Crippen LogP contribution is 2.18. The first-order valence-electron chi connectivity index (χ1n) is 12.7. The Morgan fingerprint density at radius 3 is 1.65 bits per heavy atom. The molecule has 0 aliphatic rings. The molecular formula is C28H40N2O5S2. The van der Waals surface area contributed by atoms with Crippen molar-refractivity contribution in [2.24, 2.45) is 11.8 Å². The molecule has 0 radical (unpaired) electrons. The van der Waals surface area contributed by atoms with Crippen molar-refractivity contribution in [2.75, 3.05) is 11.5 Å². The molecule has 2 rings (SSSR count). The first-order valence-corrected chi connectivity index (χ1v) is 15.5. The van der Waals surface area contributed by atoms with Gasteiger partial charge in [0, 0.05) is 17.8 Å². The standard InChI is InChI=1S/C28H40N2O5S2/c1-21(2)15-25(29-27(31)34-17-23-11-7-5-8-12-23)19-36-37(33)20-26(16-22(3)4)30-28(32)35-18-24-13-9-6-10-14-24/h5-14,21-22,25-26H,15-20H2,1-4H3,(H,29,31)(H,30,32)/t25-,26-,37?/m1/s1. The Morgan fingerprint density at radius 2 is 1.19 bits per heavy atom. The summed E-state index contributed by atoms with van der Waals surface area (Å²) in [4.78, 5) is 24.7. The third-order valence-electron chi connectivity index (χ3n) is 5.32. The highest BCUT2D eigenvalue weighted by molar-refractivity contribution is 8.69. The van der Waals surface area contributed by atoms with E-state index < -0.39 is 22.0 Å². The van der Waals surface area contributed by atoms with E-state index in [1.807, 2.05) is 60.7 Å². The van der Waals surface area contributed by atoms with Crippen molar-refractivity contribution in [1.29, 1.82) is 0 Å². The predicted octanol–water partition coefficient (Wildman–Crippen LogP) is 6.07. The molecule has 0 saturated heterocycles. The van der Waals surface area contributed by atoms with Crippen molar-refractivity contribution >= 4 is 32.8 Å². The van der Waals surface area contributed by atoms with Crippen molar-refractivity contribution in [2.45, 2.75) is 65.8 Å². The van der Waals surface area contributed by atoms with Gasteiger partial charge in [-0.2, -0.15) is 0 Å². The van der Waals surface area contributed by atoms with E-state index in [0.717, 1.165) is 17.5 Å². The van der Waals surface area contributed by atoms with Crippen LogP contribution in [0.15, 0.2) is 60.7 Å². The van der Waals surface area contributed by atoms with Crippen LogP contribution in [-0.4, -0.2) is 40.0 Å². The van der Waals surface area contributed by atoms with Crippen molar-refractivity contribution < 1.29 is 23.3 Å². The van der Waals surface area contributed by atoms with Gasteiger partial charge in [0.25, 0.3) is 0 Å². The molecule has 1 unspecified atom stereocenters. The fraction of sp³-hybridized carbons (Fsp3) is 0.500. The number of ether oxygens (including phenoxy) is 2. The molecule has 9 heteroatoms. The number of hydrogen-bond acceptors (Lipinski definition) is 6. The summed E-state index contributed by atoms with van der Waals surface area (Å²) in [6.07, 6.45) is 0.425. The lowest BCUT2D eigenvalue weighted by Gasteiger charge is -2.22. The van der Waals surface area contributed by atoms with Gasteiger partial charge in [-0.05, 0) is 35.8 Å². The number of amides is 2. The van der Waals surface area contributed by atoms with Crippen LogP contribution in [0.25, 0.3) is 0 Å². The highest BCUT2D eigenvalue weighted by Gasteiger charge is 2.21. The van der Waals surface area contributed by atoms with Gasteiger partial charge < -0.3 is 20.1 Å². The fourth-order valence-electron chi connectivity index (χ4n) is 3.71. The van der Waals surface area contributed by atoms with E-state index in [-0.39, 0.29) is 25.3 Å². The summed E-state index contributed by atoms with van der Waals surface area (Å²) in [5.74, 6) is 1.45. The van der Waals surface area contributed by atoms with Gasteiger partial charge in [0.1, 0.15) is 13.2 Å². The number of benzene rings is 2. The van der Waals surface area contributed by atoms with Crippen LogP contribution in [0.2, 0.25) is 0 Å². The van der Waals surface area contributed by atoms with Crippen molar-refractivity contribution in [1.82, 2.24) is 10.6 Å². The van der Waals surface area contributed by atoms with Crippen LogP contribution in [0, 0.1) is 11.8 Å². The topological polar surface area (TPSA) is 93.7 Å². The molecule has 0 aromatic heterocycles. The Bertz CT molecular complexity index is 958. The van der Waals surface area contributed by atoms with Crippen LogP contribution in [-0.2, 0) is 32.5 Å². The second-order valence-corrected chi connectivity index (χ2v) is 13.2. The third kappa shape index (κ3) is 14.1. The van der Waals surface area contributed by atoms with Crippen LogP contribution < -0.4 is 10.6 Å². The molecule has 0 bridgehead atoms. The first kappa shape index (κ1) is 30.7. The maximum atomic E-state index is 12.9. The maximum Gasteiger partial charge on any atom is 0.407 e. The molecule has 0 aliphatic heterocycles. The summed E-state index contributed by atoms with van der Waals surface area (Å²) in [7, 11) is 0.0332. The van der Waals surface area contributed by atoms with Gasteiger partial charge in [0.15, 0.2) is 0 Å². The van der Waals surface area contributed by atoms with Crippen LogP contribution in [0.3, 0.4) is 0 Å². The SMILES string of the molecule is CC(C)C[C@H](CS(=O)SC[C@@H](CC(C)C)NC(=O)OCc1ccccc1)NC(=O)OCc1ccccc1. The zero-order valence-electron chi connectivity index (χ0n) is 22.2. The van der Waals surface area contributed by atoms with E-state index in [4.69, 9.17) is 9.47 Å². The number of carbonyl (C=O) groups excluding carboxylic acids is 2. The minimum Gasteiger partial charge on any atom is -0.445 e. The van der Waals surface area contributed by atoms with Crippen molar-refractivity contribution in [3.05, 3.63) is 71.8 Å². The molecule has 0 saturated carbocycles. The zero-order chi connectivity index (χ0) is 27.0. The molecule has 0 fully saturated rings. The number of nitrogens with one attached hydrogen (secondary N) is 2. The number of alkyl carbamates (subject to hydrolysis) is 2. The Kier molecular flexibility index (Phi) is 14.2. The maximum absolute atomic E-state index is 12.9. The monoisotopic (exact) mass is 548 g/mol. The van der Waals surface area contributed by atoms with Crippen LogP contribution in [0.1, 0.15) is 51.7 Å². The summed E-state index contributed by atoms with van der Waals surface area (Å²) in [5, 5.41) is 5.79. The van der Waals surface area contributed by atoms with E-state index in [1.165, 1.54) is 10.8 Å². The molecule has 204 valence electrons. The van der Waals surface area contributed by atoms with Crippen molar-refractivity contribution in [3.63, 3.8) is 0 Å². The quantitative estimate of drug-likeness (QED) is 0.263. The van der Waals surface area contributed by atoms with Crippen LogP contribution >= 0.6 is 10.8 Å². The number of carbonyl (C=O) groups is 2.